The summed E-state index contributed by atoms with van der Waals surface area (Å²) in [7, 11) is 0. The summed E-state index contributed by atoms with van der Waals surface area (Å²) < 4.78 is 27.2. The van der Waals surface area contributed by atoms with E-state index in [1.54, 1.807) is 6.92 Å². The van der Waals surface area contributed by atoms with E-state index >= 15 is 0 Å². The first kappa shape index (κ1) is 15.8. The van der Waals surface area contributed by atoms with Gasteiger partial charge in [0.25, 0.3) is 0 Å². The van der Waals surface area contributed by atoms with Crippen LogP contribution in [0.2, 0.25) is 0 Å². The zero-order valence-corrected chi connectivity index (χ0v) is 13.5. The molecule has 2 aromatic heterocycles. The Balaban J connectivity index is 1.77. The van der Waals surface area contributed by atoms with Crippen LogP contribution in [0.4, 0.5) is 14.5 Å². The van der Waals surface area contributed by atoms with E-state index in [-0.39, 0.29) is 0 Å². The van der Waals surface area contributed by atoms with Crippen molar-refractivity contribution in [3.63, 3.8) is 0 Å². The van der Waals surface area contributed by atoms with Crippen LogP contribution in [-0.2, 0) is 4.79 Å². The Morgan fingerprint density at radius 2 is 2.00 bits per heavy atom. The first-order valence-electron chi connectivity index (χ1n) is 6.66. The van der Waals surface area contributed by atoms with E-state index in [4.69, 9.17) is 0 Å². The molecule has 3 aromatic rings. The van der Waals surface area contributed by atoms with Crippen LogP contribution in [0, 0.1) is 11.6 Å². The van der Waals surface area contributed by atoms with Crippen LogP contribution in [0.3, 0.4) is 0 Å². The van der Waals surface area contributed by atoms with E-state index in [2.05, 4.69) is 15.3 Å². The maximum atomic E-state index is 13.6. The first-order chi connectivity index (χ1) is 11.1. The fourth-order valence-corrected chi connectivity index (χ4v) is 3.62. The van der Waals surface area contributed by atoms with E-state index in [1.807, 2.05) is 11.4 Å². The van der Waals surface area contributed by atoms with Gasteiger partial charge in [-0.2, -0.15) is 0 Å². The van der Waals surface area contributed by atoms with Gasteiger partial charge in [0.15, 0.2) is 0 Å². The number of thioether (sulfide) groups is 1. The van der Waals surface area contributed by atoms with Crippen molar-refractivity contribution >= 4 is 44.9 Å². The van der Waals surface area contributed by atoms with Crippen molar-refractivity contribution in [3.8, 4) is 0 Å². The zero-order chi connectivity index (χ0) is 16.4. The zero-order valence-electron chi connectivity index (χ0n) is 11.9. The molecule has 1 amide bonds. The number of hydrogen-bond acceptors (Lipinski definition) is 5. The first-order valence-corrected chi connectivity index (χ1v) is 8.42. The second-order valence-corrected chi connectivity index (χ2v) is 6.89. The Morgan fingerprint density at radius 1 is 1.26 bits per heavy atom. The molecular weight excluding hydrogens is 340 g/mol. The second kappa shape index (κ2) is 6.59. The predicted molar refractivity (Wildman–Crippen MR) is 87.7 cm³/mol. The van der Waals surface area contributed by atoms with E-state index in [1.165, 1.54) is 35.5 Å². The molecule has 0 aliphatic heterocycles. The standard InChI is InChI=1S/C15H11F2N3OS2/c1-8(13(21)20-12-10(16)3-2-4-11(12)17)23-15-9-5-6-22-14(9)18-7-19-15/h2-8H,1H3,(H,20,21)/t8-/m1/s1. The molecule has 0 bridgehead atoms. The number of anilines is 1. The molecule has 1 N–H and O–H groups in total. The predicted octanol–water partition coefficient (Wildman–Crippen LogP) is 4.09. The van der Waals surface area contributed by atoms with E-state index in [0.717, 1.165) is 22.3 Å². The molecule has 8 heteroatoms. The van der Waals surface area contributed by atoms with Gasteiger partial charge in [0.2, 0.25) is 5.91 Å². The fraction of sp³-hybridized carbons (Fsp3) is 0.133. The molecule has 0 aliphatic rings. The van der Waals surface area contributed by atoms with Gasteiger partial charge in [0.1, 0.15) is 33.5 Å². The molecule has 3 rings (SSSR count). The van der Waals surface area contributed by atoms with E-state index in [0.29, 0.717) is 5.03 Å². The lowest BCUT2D eigenvalue weighted by Crippen LogP contribution is -2.23. The van der Waals surface area contributed by atoms with Gasteiger partial charge in [-0.1, -0.05) is 17.8 Å². The summed E-state index contributed by atoms with van der Waals surface area (Å²) in [5.74, 6) is -2.11. The molecule has 0 radical (unpaired) electrons. The van der Waals surface area contributed by atoms with E-state index < -0.39 is 28.5 Å². The molecular formula is C15H11F2N3OS2. The number of aromatic nitrogens is 2. The largest absolute Gasteiger partial charge is 0.320 e. The van der Waals surface area contributed by atoms with Crippen molar-refractivity contribution in [3.05, 3.63) is 47.6 Å². The minimum Gasteiger partial charge on any atom is -0.320 e. The van der Waals surface area contributed by atoms with Crippen molar-refractivity contribution in [2.24, 2.45) is 0 Å². The van der Waals surface area contributed by atoms with Crippen LogP contribution in [-0.4, -0.2) is 21.1 Å². The van der Waals surface area contributed by atoms with Gasteiger partial charge in [0, 0.05) is 5.39 Å². The third-order valence-electron chi connectivity index (χ3n) is 3.09. The summed E-state index contributed by atoms with van der Waals surface area (Å²) in [6.45, 7) is 1.65. The molecule has 118 valence electrons. The number of hydrogen-bond donors (Lipinski definition) is 1. The van der Waals surface area contributed by atoms with Gasteiger partial charge < -0.3 is 5.32 Å². The highest BCUT2D eigenvalue weighted by Gasteiger charge is 2.20. The minimum absolute atomic E-state index is 0.437. The molecule has 4 nitrogen and oxygen atoms in total. The smallest absolute Gasteiger partial charge is 0.237 e. The molecule has 1 aromatic carbocycles. The Bertz CT molecular complexity index is 849. The third-order valence-corrected chi connectivity index (χ3v) is 5.03. The molecule has 0 spiro atoms. The summed E-state index contributed by atoms with van der Waals surface area (Å²) in [5, 5.41) is 5.13. The van der Waals surface area contributed by atoms with Crippen LogP contribution < -0.4 is 5.32 Å². The lowest BCUT2D eigenvalue weighted by atomic mass is 10.3. The average molecular weight is 351 g/mol. The molecule has 1 atom stereocenters. The summed E-state index contributed by atoms with van der Waals surface area (Å²) in [6.07, 6.45) is 1.43. The fourth-order valence-electron chi connectivity index (χ4n) is 1.92. The third kappa shape index (κ3) is 3.32. The molecule has 0 fully saturated rings. The van der Waals surface area contributed by atoms with Crippen molar-refractivity contribution in [2.45, 2.75) is 17.2 Å². The topological polar surface area (TPSA) is 54.9 Å². The number of thiophene rings is 1. The van der Waals surface area contributed by atoms with Gasteiger partial charge in [-0.25, -0.2) is 18.7 Å². The number of halogens is 2. The lowest BCUT2D eigenvalue weighted by Gasteiger charge is -2.13. The van der Waals surface area contributed by atoms with Crippen molar-refractivity contribution < 1.29 is 13.6 Å². The number of fused-ring (bicyclic) bond motifs is 1. The number of rotatable bonds is 4. The number of nitrogens with one attached hydrogen (secondary N) is 1. The summed E-state index contributed by atoms with van der Waals surface area (Å²) in [4.78, 5) is 21.3. The average Bonchev–Trinajstić information content (AvgIpc) is 3.00. The van der Waals surface area contributed by atoms with Crippen LogP contribution >= 0.6 is 23.1 Å². The summed E-state index contributed by atoms with van der Waals surface area (Å²) in [6, 6.07) is 5.31. The quantitative estimate of drug-likeness (QED) is 0.568. The number of amides is 1. The van der Waals surface area contributed by atoms with Crippen molar-refractivity contribution in [2.75, 3.05) is 5.32 Å². The van der Waals surface area contributed by atoms with Crippen molar-refractivity contribution in [1.29, 1.82) is 0 Å². The SMILES string of the molecule is C[C@@H](Sc1ncnc2sccc12)C(=O)Nc1c(F)cccc1F. The normalized spacial score (nSPS) is 12.3. The molecule has 0 saturated heterocycles. The molecule has 23 heavy (non-hydrogen) atoms. The summed E-state index contributed by atoms with van der Waals surface area (Å²) >= 11 is 2.69. The Kier molecular flexibility index (Phi) is 4.53. The second-order valence-electron chi connectivity index (χ2n) is 4.66. The number of nitrogens with zero attached hydrogens (tertiary/aromatic N) is 2. The van der Waals surface area contributed by atoms with Crippen LogP contribution in [0.25, 0.3) is 10.2 Å². The summed E-state index contributed by atoms with van der Waals surface area (Å²) in [5.41, 5.74) is -0.437. The van der Waals surface area contributed by atoms with E-state index in [9.17, 15) is 13.6 Å². The Labute approximate surface area is 139 Å². The highest BCUT2D eigenvalue weighted by molar-refractivity contribution is 8.00. The van der Waals surface area contributed by atoms with Gasteiger partial charge in [-0.15, -0.1) is 11.3 Å². The number of para-hydroxylation sites is 1. The number of benzene rings is 1. The van der Waals surface area contributed by atoms with Gasteiger partial charge in [-0.3, -0.25) is 4.79 Å². The highest BCUT2D eigenvalue weighted by Crippen LogP contribution is 2.31. The molecule has 0 saturated carbocycles. The van der Waals surface area contributed by atoms with Crippen molar-refractivity contribution in [1.82, 2.24) is 9.97 Å². The monoisotopic (exact) mass is 351 g/mol. The van der Waals surface area contributed by atoms with Crippen LogP contribution in [0.15, 0.2) is 41.0 Å². The van der Waals surface area contributed by atoms with Gasteiger partial charge >= 0.3 is 0 Å². The number of carbonyl (C=O) groups excluding carboxylic acids is 1. The van der Waals surface area contributed by atoms with Gasteiger partial charge in [0.05, 0.1) is 5.25 Å². The van der Waals surface area contributed by atoms with Gasteiger partial charge in [-0.05, 0) is 30.5 Å². The Hall–Kier alpha value is -2.06. The number of carbonyl (C=O) groups is 1. The minimum atomic E-state index is -0.808. The van der Waals surface area contributed by atoms with Crippen LogP contribution in [0.5, 0.6) is 0 Å². The molecule has 0 aliphatic carbocycles. The maximum absolute atomic E-state index is 13.6. The highest BCUT2D eigenvalue weighted by atomic mass is 32.2. The molecule has 2 heterocycles. The lowest BCUT2D eigenvalue weighted by molar-refractivity contribution is -0.115. The Morgan fingerprint density at radius 3 is 2.74 bits per heavy atom. The molecule has 0 unspecified atom stereocenters. The van der Waals surface area contributed by atoms with Crippen LogP contribution in [0.1, 0.15) is 6.92 Å². The maximum Gasteiger partial charge on any atom is 0.237 e.